The van der Waals surface area contributed by atoms with Gasteiger partial charge in [0.15, 0.2) is 5.66 Å². The Morgan fingerprint density at radius 1 is 1.15 bits per heavy atom. The Balaban J connectivity index is 1.69. The van der Waals surface area contributed by atoms with Gasteiger partial charge in [-0.3, -0.25) is 14.8 Å². The molecule has 1 aliphatic heterocycles. The Morgan fingerprint density at radius 3 is 2.45 bits per heavy atom. The normalized spacial score (nSPS) is 22.8. The molecule has 1 unspecified atom stereocenters. The van der Waals surface area contributed by atoms with Crippen LogP contribution in [0.15, 0.2) is 59.4 Å². The highest BCUT2D eigenvalue weighted by Gasteiger charge is 2.40. The van der Waals surface area contributed by atoms with Crippen LogP contribution in [0.2, 0.25) is 0 Å². The number of amides is 1. The van der Waals surface area contributed by atoms with Crippen molar-refractivity contribution in [2.24, 2.45) is 10.9 Å². The van der Waals surface area contributed by atoms with Gasteiger partial charge in [0.25, 0.3) is 5.91 Å². The van der Waals surface area contributed by atoms with Crippen LogP contribution >= 0.6 is 0 Å². The predicted molar refractivity (Wildman–Crippen MR) is 121 cm³/mol. The number of carbonyl (C=O) groups excluding carboxylic acids is 1. The minimum Gasteiger partial charge on any atom is -0.356 e. The highest BCUT2D eigenvalue weighted by Crippen LogP contribution is 2.38. The van der Waals surface area contributed by atoms with E-state index in [4.69, 9.17) is 4.99 Å². The van der Waals surface area contributed by atoms with Gasteiger partial charge >= 0.3 is 0 Å². The lowest BCUT2D eigenvalue weighted by molar-refractivity contribution is -0.118. The molecular weight excluding hydrogens is 429 g/mol. The molecule has 1 aromatic carbocycles. The fourth-order valence-electron chi connectivity index (χ4n) is 4.36. The fourth-order valence-corrected chi connectivity index (χ4v) is 4.36. The first-order chi connectivity index (χ1) is 15.7. The topological polar surface area (TPSA) is 66.4 Å². The maximum atomic E-state index is 13.6. The van der Waals surface area contributed by atoms with Crippen molar-refractivity contribution >= 4 is 17.8 Å². The number of halogens is 3. The lowest BCUT2D eigenvalue weighted by Gasteiger charge is -2.40. The molecule has 2 N–H and O–H groups in total. The van der Waals surface area contributed by atoms with Crippen molar-refractivity contribution in [3.63, 3.8) is 0 Å². The molecule has 1 saturated carbocycles. The van der Waals surface area contributed by atoms with Gasteiger partial charge in [-0.05, 0) is 42.7 Å². The standard InChI is InChI=1S/C25H27F3N4O/c1-16(2)25(18-5-7-19(26)8-6-18)30-15-21(22(32-25)17-4-3-13-29-14-17)23(33)31-20-9-11-24(27,28)12-10-20/h3-8,13-16,20,32H,9-12H2,1-2H3,(H,31,33). The lowest BCUT2D eigenvalue weighted by atomic mass is 9.86. The Kier molecular flexibility index (Phi) is 6.28. The van der Waals surface area contributed by atoms with E-state index in [-0.39, 0.29) is 49.4 Å². The van der Waals surface area contributed by atoms with E-state index in [1.165, 1.54) is 18.3 Å². The summed E-state index contributed by atoms with van der Waals surface area (Å²) in [6, 6.07) is 9.39. The summed E-state index contributed by atoms with van der Waals surface area (Å²) >= 11 is 0. The van der Waals surface area contributed by atoms with E-state index in [0.717, 1.165) is 5.56 Å². The largest absolute Gasteiger partial charge is 0.356 e. The van der Waals surface area contributed by atoms with Crippen molar-refractivity contribution in [3.8, 4) is 0 Å². The molecule has 1 atom stereocenters. The molecule has 8 heteroatoms. The molecule has 2 aromatic rings. The molecule has 4 rings (SSSR count). The molecule has 0 bridgehead atoms. The molecule has 2 heterocycles. The Bertz CT molecular complexity index is 1060. The monoisotopic (exact) mass is 456 g/mol. The number of hydrogen-bond donors (Lipinski definition) is 2. The number of carbonyl (C=O) groups is 1. The van der Waals surface area contributed by atoms with Crippen LogP contribution in [-0.4, -0.2) is 29.1 Å². The number of alkyl halides is 2. The second kappa shape index (κ2) is 9.00. The minimum absolute atomic E-state index is 0.0453. The van der Waals surface area contributed by atoms with Crippen LogP contribution in [0.25, 0.3) is 5.70 Å². The second-order valence-electron chi connectivity index (χ2n) is 8.95. The summed E-state index contributed by atoms with van der Waals surface area (Å²) in [4.78, 5) is 22.1. The number of rotatable bonds is 5. The number of aromatic nitrogens is 1. The highest BCUT2D eigenvalue weighted by molar-refractivity contribution is 6.18. The third-order valence-corrected chi connectivity index (χ3v) is 6.35. The van der Waals surface area contributed by atoms with Crippen LogP contribution in [0.1, 0.15) is 50.7 Å². The van der Waals surface area contributed by atoms with Crippen molar-refractivity contribution in [1.82, 2.24) is 15.6 Å². The third-order valence-electron chi connectivity index (χ3n) is 6.35. The molecule has 5 nitrogen and oxygen atoms in total. The lowest BCUT2D eigenvalue weighted by Crippen LogP contribution is -2.49. The summed E-state index contributed by atoms with van der Waals surface area (Å²) in [5.41, 5.74) is 1.37. The first-order valence-electron chi connectivity index (χ1n) is 11.1. The summed E-state index contributed by atoms with van der Waals surface area (Å²) in [5, 5.41) is 6.34. The van der Waals surface area contributed by atoms with Gasteiger partial charge in [0, 0.05) is 49.0 Å². The van der Waals surface area contributed by atoms with Crippen molar-refractivity contribution in [1.29, 1.82) is 0 Å². The third kappa shape index (κ3) is 4.79. The van der Waals surface area contributed by atoms with Gasteiger partial charge in [-0.1, -0.05) is 26.0 Å². The van der Waals surface area contributed by atoms with Gasteiger partial charge in [0.1, 0.15) is 5.82 Å². The van der Waals surface area contributed by atoms with Crippen LogP contribution in [-0.2, 0) is 10.5 Å². The summed E-state index contributed by atoms with van der Waals surface area (Å²) in [5.74, 6) is -3.44. The van der Waals surface area contributed by atoms with Gasteiger partial charge in [-0.2, -0.15) is 0 Å². The van der Waals surface area contributed by atoms with E-state index in [0.29, 0.717) is 16.8 Å². The molecule has 1 aliphatic carbocycles. The molecule has 1 fully saturated rings. The average Bonchev–Trinajstić information content (AvgIpc) is 2.81. The first kappa shape index (κ1) is 23.0. The summed E-state index contributed by atoms with van der Waals surface area (Å²) in [6.07, 6.45) is 4.79. The summed E-state index contributed by atoms with van der Waals surface area (Å²) in [6.45, 7) is 3.98. The summed E-state index contributed by atoms with van der Waals surface area (Å²) < 4.78 is 40.6. The molecular formula is C25H27F3N4O. The minimum atomic E-state index is -2.67. The zero-order valence-electron chi connectivity index (χ0n) is 18.6. The SMILES string of the molecule is CC(C)C1(c2ccc(F)cc2)N=CC(C(=O)NC2CCC(F)(F)CC2)=C(c2cccnc2)N1. The molecule has 2 aliphatic rings. The predicted octanol–water partition coefficient (Wildman–Crippen LogP) is 4.81. The molecule has 0 saturated heterocycles. The maximum Gasteiger partial charge on any atom is 0.255 e. The second-order valence-corrected chi connectivity index (χ2v) is 8.95. The van der Waals surface area contributed by atoms with E-state index >= 15 is 0 Å². The Labute approximate surface area is 191 Å². The fraction of sp³-hybridized carbons (Fsp3) is 0.400. The van der Waals surface area contributed by atoms with E-state index in [9.17, 15) is 18.0 Å². The number of nitrogens with one attached hydrogen (secondary N) is 2. The zero-order chi connectivity index (χ0) is 23.6. The summed E-state index contributed by atoms with van der Waals surface area (Å²) in [7, 11) is 0. The van der Waals surface area contributed by atoms with Crippen LogP contribution < -0.4 is 10.6 Å². The maximum absolute atomic E-state index is 13.6. The molecule has 174 valence electrons. The van der Waals surface area contributed by atoms with Crippen molar-refractivity contribution < 1.29 is 18.0 Å². The molecule has 1 aromatic heterocycles. The number of nitrogens with zero attached hydrogens (tertiary/aromatic N) is 2. The quantitative estimate of drug-likeness (QED) is 0.679. The van der Waals surface area contributed by atoms with E-state index < -0.39 is 11.6 Å². The number of hydrogen-bond acceptors (Lipinski definition) is 4. The van der Waals surface area contributed by atoms with Gasteiger partial charge in [-0.25, -0.2) is 13.2 Å². The van der Waals surface area contributed by atoms with Crippen molar-refractivity contribution in [2.45, 2.75) is 57.2 Å². The Hall–Kier alpha value is -3.16. The van der Waals surface area contributed by atoms with E-state index in [1.54, 1.807) is 30.6 Å². The first-order valence-corrected chi connectivity index (χ1v) is 11.1. The number of benzene rings is 1. The average molecular weight is 457 g/mol. The molecule has 0 radical (unpaired) electrons. The van der Waals surface area contributed by atoms with Gasteiger partial charge in [0.05, 0.1) is 11.3 Å². The van der Waals surface area contributed by atoms with Gasteiger partial charge in [0.2, 0.25) is 5.92 Å². The Morgan fingerprint density at radius 2 is 1.85 bits per heavy atom. The van der Waals surface area contributed by atoms with Crippen LogP contribution in [0.4, 0.5) is 13.2 Å². The van der Waals surface area contributed by atoms with Gasteiger partial charge in [-0.15, -0.1) is 0 Å². The smallest absolute Gasteiger partial charge is 0.255 e. The number of aliphatic imine (C=N–C) groups is 1. The number of pyridine rings is 1. The van der Waals surface area contributed by atoms with Crippen LogP contribution in [0.5, 0.6) is 0 Å². The highest BCUT2D eigenvalue weighted by atomic mass is 19.3. The van der Waals surface area contributed by atoms with Crippen molar-refractivity contribution in [3.05, 3.63) is 71.3 Å². The van der Waals surface area contributed by atoms with E-state index in [2.05, 4.69) is 15.6 Å². The zero-order valence-corrected chi connectivity index (χ0v) is 18.6. The van der Waals surface area contributed by atoms with Crippen LogP contribution in [0, 0.1) is 11.7 Å². The molecule has 1 amide bonds. The van der Waals surface area contributed by atoms with Crippen LogP contribution in [0.3, 0.4) is 0 Å². The molecule has 33 heavy (non-hydrogen) atoms. The van der Waals surface area contributed by atoms with E-state index in [1.807, 2.05) is 19.9 Å². The van der Waals surface area contributed by atoms with Gasteiger partial charge < -0.3 is 10.6 Å². The van der Waals surface area contributed by atoms with Crippen molar-refractivity contribution in [2.75, 3.05) is 0 Å². The molecule has 0 spiro atoms.